The molecule has 1 atom stereocenters. The molecule has 30 heavy (non-hydrogen) atoms. The number of nitrogens with zero attached hydrogens (tertiary/aromatic N) is 1. The molecule has 0 saturated carbocycles. The number of amides is 1. The van der Waals surface area contributed by atoms with Crippen LogP contribution in [0.15, 0.2) is 77.7 Å². The fraction of sp³-hybridized carbons (Fsp3) is 0.0455. The average Bonchev–Trinajstić information content (AvgIpc) is 2.91. The molecule has 0 spiro atoms. The molecule has 1 saturated heterocycles. The maximum absolute atomic E-state index is 13.4. The molecule has 8 heteroatoms. The van der Waals surface area contributed by atoms with Gasteiger partial charge in [0.25, 0.3) is 5.91 Å². The first kappa shape index (κ1) is 20.6. The number of carbonyl (C=O) groups excluding carboxylic acids is 1. The summed E-state index contributed by atoms with van der Waals surface area (Å²) in [6.07, 6.45) is 1.26. The molecule has 1 amide bonds. The van der Waals surface area contributed by atoms with E-state index in [2.05, 4.69) is 0 Å². The number of hydrogen-bond acceptors (Lipinski definition) is 3. The lowest BCUT2D eigenvalue weighted by Crippen LogP contribution is -2.28. The second-order valence-corrected chi connectivity index (χ2v) is 9.51. The topological polar surface area (TPSA) is 54.5 Å². The Bertz CT molecular complexity index is 1240. The first-order chi connectivity index (χ1) is 14.3. The zero-order valence-corrected chi connectivity index (χ0v) is 17.6. The second kappa shape index (κ2) is 7.87. The van der Waals surface area contributed by atoms with Gasteiger partial charge in [-0.2, -0.15) is 0 Å². The molecule has 0 unspecified atom stereocenters. The van der Waals surface area contributed by atoms with Crippen LogP contribution in [-0.2, 0) is 14.6 Å². The summed E-state index contributed by atoms with van der Waals surface area (Å²) in [7, 11) is -4.09. The Kier molecular flexibility index (Phi) is 5.40. The molecule has 3 aromatic carbocycles. The summed E-state index contributed by atoms with van der Waals surface area (Å²) in [5, 5.41) is -0.367. The third-order valence-corrected chi connectivity index (χ3v) is 7.17. The largest absolute Gasteiger partial charge is 0.286 e. The van der Waals surface area contributed by atoms with Gasteiger partial charge in [0, 0.05) is 15.7 Å². The Morgan fingerprint density at radius 1 is 0.833 bits per heavy atom. The number of sulfone groups is 1. The summed E-state index contributed by atoms with van der Waals surface area (Å²) in [5.41, 5.74) is 1.18. The van der Waals surface area contributed by atoms with Crippen molar-refractivity contribution in [2.24, 2.45) is 0 Å². The van der Waals surface area contributed by atoms with Crippen LogP contribution >= 0.6 is 23.2 Å². The molecular weight excluding hydrogens is 448 g/mol. The maximum atomic E-state index is 13.4. The van der Waals surface area contributed by atoms with E-state index < -0.39 is 26.9 Å². The fourth-order valence-corrected chi connectivity index (χ4v) is 5.42. The molecule has 4 nitrogen and oxygen atoms in total. The molecule has 3 aromatic rings. The van der Waals surface area contributed by atoms with Gasteiger partial charge in [-0.3, -0.25) is 9.69 Å². The SMILES string of the molecule is O=C1/C(=C/c2ccc(F)cc2)S(=O)(=O)[C@H](c2ccc(Cl)cc2)N1c1ccc(Cl)cc1. The summed E-state index contributed by atoms with van der Waals surface area (Å²) >= 11 is 11.9. The molecule has 4 rings (SSSR count). The monoisotopic (exact) mass is 461 g/mol. The number of rotatable bonds is 3. The molecule has 0 N–H and O–H groups in total. The highest BCUT2D eigenvalue weighted by molar-refractivity contribution is 7.97. The predicted octanol–water partition coefficient (Wildman–Crippen LogP) is 5.63. The molecule has 0 radical (unpaired) electrons. The zero-order valence-electron chi connectivity index (χ0n) is 15.3. The fourth-order valence-electron chi connectivity index (χ4n) is 3.27. The van der Waals surface area contributed by atoms with Crippen LogP contribution in [0.3, 0.4) is 0 Å². The van der Waals surface area contributed by atoms with Gasteiger partial charge in [-0.1, -0.05) is 47.5 Å². The average molecular weight is 462 g/mol. The van der Waals surface area contributed by atoms with E-state index in [0.717, 1.165) is 0 Å². The quantitative estimate of drug-likeness (QED) is 0.474. The van der Waals surface area contributed by atoms with E-state index in [9.17, 15) is 17.6 Å². The van der Waals surface area contributed by atoms with Crippen LogP contribution in [0.4, 0.5) is 10.1 Å². The molecular formula is C22H14Cl2FNO3S. The van der Waals surface area contributed by atoms with Gasteiger partial charge in [-0.05, 0) is 65.7 Å². The van der Waals surface area contributed by atoms with Crippen molar-refractivity contribution in [3.05, 3.63) is 105 Å². The maximum Gasteiger partial charge on any atom is 0.271 e. The van der Waals surface area contributed by atoms with E-state index in [0.29, 0.717) is 26.9 Å². The number of halogens is 3. The van der Waals surface area contributed by atoms with Crippen LogP contribution < -0.4 is 4.90 Å². The van der Waals surface area contributed by atoms with Crippen molar-refractivity contribution in [3.8, 4) is 0 Å². The summed E-state index contributed by atoms with van der Waals surface area (Å²) < 4.78 is 40.1. The Morgan fingerprint density at radius 3 is 1.93 bits per heavy atom. The van der Waals surface area contributed by atoms with Gasteiger partial charge in [-0.15, -0.1) is 0 Å². The zero-order chi connectivity index (χ0) is 21.5. The Hall–Kier alpha value is -2.67. The van der Waals surface area contributed by atoms with Crippen LogP contribution in [0.5, 0.6) is 0 Å². The lowest BCUT2D eigenvalue weighted by molar-refractivity contribution is -0.114. The van der Waals surface area contributed by atoms with Gasteiger partial charge in [0.1, 0.15) is 10.7 Å². The number of carbonyl (C=O) groups is 1. The standard InChI is InChI=1S/C22H14Cl2FNO3S/c23-16-5-3-15(4-6-16)22-26(19-11-7-17(24)8-12-19)21(27)20(30(22,28)29)13-14-1-9-18(25)10-2-14/h1-13,22H/b20-13-/t22-/m1/s1. The van der Waals surface area contributed by atoms with Gasteiger partial charge in [0.15, 0.2) is 5.37 Å². The summed E-state index contributed by atoms with van der Waals surface area (Å²) in [6, 6.07) is 17.8. The van der Waals surface area contributed by atoms with Crippen LogP contribution in [0.2, 0.25) is 10.0 Å². The first-order valence-electron chi connectivity index (χ1n) is 8.83. The highest BCUT2D eigenvalue weighted by Gasteiger charge is 2.50. The Balaban J connectivity index is 1.90. The van der Waals surface area contributed by atoms with Gasteiger partial charge < -0.3 is 0 Å². The van der Waals surface area contributed by atoms with E-state index in [4.69, 9.17) is 23.2 Å². The normalized spacial score (nSPS) is 19.4. The lowest BCUT2D eigenvalue weighted by atomic mass is 10.1. The molecule has 0 aromatic heterocycles. The van der Waals surface area contributed by atoms with E-state index in [1.807, 2.05) is 0 Å². The van der Waals surface area contributed by atoms with E-state index in [1.165, 1.54) is 35.2 Å². The number of hydrogen-bond donors (Lipinski definition) is 0. The van der Waals surface area contributed by atoms with Crippen molar-refractivity contribution in [3.63, 3.8) is 0 Å². The lowest BCUT2D eigenvalue weighted by Gasteiger charge is -2.23. The van der Waals surface area contributed by atoms with Gasteiger partial charge in [-0.25, -0.2) is 12.8 Å². The van der Waals surface area contributed by atoms with Gasteiger partial charge >= 0.3 is 0 Å². The van der Waals surface area contributed by atoms with Crippen molar-refractivity contribution in [1.29, 1.82) is 0 Å². The molecule has 0 bridgehead atoms. The van der Waals surface area contributed by atoms with Crippen LogP contribution in [0.25, 0.3) is 6.08 Å². The van der Waals surface area contributed by atoms with Gasteiger partial charge in [0.05, 0.1) is 0 Å². The Labute approximate surface area is 183 Å². The van der Waals surface area contributed by atoms with Crippen LogP contribution in [0, 0.1) is 5.82 Å². The van der Waals surface area contributed by atoms with Crippen LogP contribution in [-0.4, -0.2) is 14.3 Å². The molecule has 1 aliphatic heterocycles. The van der Waals surface area contributed by atoms with Crippen molar-refractivity contribution in [1.82, 2.24) is 0 Å². The highest BCUT2D eigenvalue weighted by Crippen LogP contribution is 2.43. The molecule has 152 valence electrons. The van der Waals surface area contributed by atoms with Crippen molar-refractivity contribution < 1.29 is 17.6 Å². The summed E-state index contributed by atoms with van der Waals surface area (Å²) in [5.74, 6) is -1.14. The molecule has 1 heterocycles. The van der Waals surface area contributed by atoms with Crippen molar-refractivity contribution >= 4 is 50.7 Å². The predicted molar refractivity (Wildman–Crippen MR) is 116 cm³/mol. The second-order valence-electron chi connectivity index (χ2n) is 6.66. The molecule has 0 aliphatic carbocycles. The third kappa shape index (κ3) is 3.74. The summed E-state index contributed by atoms with van der Waals surface area (Å²) in [4.78, 5) is 14.1. The highest BCUT2D eigenvalue weighted by atomic mass is 35.5. The number of benzene rings is 3. The first-order valence-corrected chi connectivity index (χ1v) is 11.1. The third-order valence-electron chi connectivity index (χ3n) is 4.69. The van der Waals surface area contributed by atoms with E-state index >= 15 is 0 Å². The van der Waals surface area contributed by atoms with E-state index in [-0.39, 0.29) is 4.91 Å². The minimum absolute atomic E-state index is 0.371. The van der Waals surface area contributed by atoms with Crippen molar-refractivity contribution in [2.45, 2.75) is 5.37 Å². The van der Waals surface area contributed by atoms with E-state index in [1.54, 1.807) is 48.5 Å². The smallest absolute Gasteiger partial charge is 0.271 e. The van der Waals surface area contributed by atoms with Crippen LogP contribution in [0.1, 0.15) is 16.5 Å². The molecule has 1 aliphatic rings. The minimum atomic E-state index is -4.09. The van der Waals surface area contributed by atoms with Gasteiger partial charge in [0.2, 0.25) is 9.84 Å². The minimum Gasteiger partial charge on any atom is -0.286 e. The van der Waals surface area contributed by atoms with Crippen molar-refractivity contribution in [2.75, 3.05) is 4.90 Å². The Morgan fingerprint density at radius 2 is 1.37 bits per heavy atom. The number of anilines is 1. The summed E-state index contributed by atoms with van der Waals surface area (Å²) in [6.45, 7) is 0. The molecule has 1 fully saturated rings.